The Balaban J connectivity index is 2.45. The molecule has 1 nitrogen and oxygen atoms in total. The zero-order valence-electron chi connectivity index (χ0n) is 11.8. The van der Waals surface area contributed by atoms with Crippen LogP contribution in [0.15, 0.2) is 42.5 Å². The highest BCUT2D eigenvalue weighted by Gasteiger charge is 2.33. The molecule has 2 rings (SSSR count). The summed E-state index contributed by atoms with van der Waals surface area (Å²) in [5.41, 5.74) is 0.669. The van der Waals surface area contributed by atoms with Crippen molar-refractivity contribution < 1.29 is 13.9 Å². The normalized spacial score (nSPS) is 13.3. The fourth-order valence-electron chi connectivity index (χ4n) is 2.30. The van der Waals surface area contributed by atoms with Gasteiger partial charge < -0.3 is 5.11 Å². The minimum atomic E-state index is -1.05. The summed E-state index contributed by atoms with van der Waals surface area (Å²) in [5.74, 6) is -1.32. The fourth-order valence-corrected chi connectivity index (χ4v) is 2.30. The average Bonchev–Trinajstić information content (AvgIpc) is 2.43. The molecule has 1 N–H and O–H groups in total. The van der Waals surface area contributed by atoms with Crippen molar-refractivity contribution >= 4 is 0 Å². The van der Waals surface area contributed by atoms with Crippen LogP contribution in [0.4, 0.5) is 8.78 Å². The van der Waals surface area contributed by atoms with E-state index in [1.54, 1.807) is 6.92 Å². The first kappa shape index (κ1) is 14.7. The van der Waals surface area contributed by atoms with E-state index in [0.29, 0.717) is 5.56 Å². The molecule has 0 aliphatic rings. The van der Waals surface area contributed by atoms with Crippen molar-refractivity contribution in [3.8, 4) is 0 Å². The van der Waals surface area contributed by atoms with Crippen molar-refractivity contribution in [3.05, 3.63) is 70.8 Å². The van der Waals surface area contributed by atoms with Gasteiger partial charge in [-0.15, -0.1) is 0 Å². The first-order valence-corrected chi connectivity index (χ1v) is 6.53. The monoisotopic (exact) mass is 276 g/mol. The summed E-state index contributed by atoms with van der Waals surface area (Å²) < 4.78 is 27.2. The van der Waals surface area contributed by atoms with Crippen molar-refractivity contribution in [1.29, 1.82) is 0 Å². The maximum atomic E-state index is 13.9. The van der Waals surface area contributed by atoms with Crippen LogP contribution >= 0.6 is 0 Å². The van der Waals surface area contributed by atoms with Gasteiger partial charge in [-0.3, -0.25) is 0 Å². The van der Waals surface area contributed by atoms with E-state index in [1.165, 1.54) is 6.07 Å². The van der Waals surface area contributed by atoms with Gasteiger partial charge in [0.2, 0.25) is 0 Å². The second-order valence-corrected chi connectivity index (χ2v) is 5.61. The fraction of sp³-hybridized carbons (Fsp3) is 0.294. The zero-order chi connectivity index (χ0) is 14.9. The van der Waals surface area contributed by atoms with Crippen LogP contribution in [-0.4, -0.2) is 5.11 Å². The molecule has 3 heteroatoms. The lowest BCUT2D eigenvalue weighted by atomic mass is 9.76. The van der Waals surface area contributed by atoms with E-state index in [4.69, 9.17) is 0 Å². The molecule has 1 atom stereocenters. The van der Waals surface area contributed by atoms with Crippen molar-refractivity contribution in [2.75, 3.05) is 0 Å². The van der Waals surface area contributed by atoms with Crippen LogP contribution in [0.3, 0.4) is 0 Å². The van der Waals surface area contributed by atoms with Gasteiger partial charge in [0, 0.05) is 17.0 Å². The van der Waals surface area contributed by atoms with Crippen molar-refractivity contribution in [3.63, 3.8) is 0 Å². The van der Waals surface area contributed by atoms with Crippen LogP contribution < -0.4 is 0 Å². The summed E-state index contributed by atoms with van der Waals surface area (Å²) >= 11 is 0. The highest BCUT2D eigenvalue weighted by Crippen LogP contribution is 2.38. The van der Waals surface area contributed by atoms with Crippen LogP contribution in [0.2, 0.25) is 0 Å². The van der Waals surface area contributed by atoms with Crippen LogP contribution in [0.25, 0.3) is 0 Å². The Hall–Kier alpha value is -1.74. The number of halogens is 2. The SMILES string of the molecule is Cc1cc(C(O)C(C)(C)c2ccccc2)c(F)cc1F. The largest absolute Gasteiger partial charge is 0.387 e. The lowest BCUT2D eigenvalue weighted by Crippen LogP contribution is -2.27. The first-order chi connectivity index (χ1) is 9.34. The topological polar surface area (TPSA) is 20.2 Å². The molecular weight excluding hydrogens is 258 g/mol. The Bertz CT molecular complexity index is 606. The summed E-state index contributed by atoms with van der Waals surface area (Å²) in [6.07, 6.45) is -1.05. The zero-order valence-corrected chi connectivity index (χ0v) is 11.8. The standard InChI is InChI=1S/C17H18F2O/c1-11-9-13(15(19)10-14(11)18)16(20)17(2,3)12-7-5-4-6-8-12/h4-10,16,20H,1-3H3. The van der Waals surface area contributed by atoms with E-state index in [9.17, 15) is 13.9 Å². The molecule has 0 amide bonds. The molecule has 0 aliphatic carbocycles. The molecule has 0 fully saturated rings. The van der Waals surface area contributed by atoms with Gasteiger partial charge in [0.25, 0.3) is 0 Å². The van der Waals surface area contributed by atoms with Gasteiger partial charge in [0.05, 0.1) is 6.10 Å². The van der Waals surface area contributed by atoms with E-state index in [0.717, 1.165) is 11.6 Å². The van der Waals surface area contributed by atoms with Gasteiger partial charge in [-0.2, -0.15) is 0 Å². The van der Waals surface area contributed by atoms with Gasteiger partial charge in [0.1, 0.15) is 11.6 Å². The van der Waals surface area contributed by atoms with Crippen LogP contribution in [0, 0.1) is 18.6 Å². The minimum absolute atomic E-state index is 0.123. The minimum Gasteiger partial charge on any atom is -0.387 e. The van der Waals surface area contributed by atoms with Crippen LogP contribution in [-0.2, 0) is 5.41 Å². The lowest BCUT2D eigenvalue weighted by molar-refractivity contribution is 0.0964. The number of aliphatic hydroxyl groups excluding tert-OH is 1. The van der Waals surface area contributed by atoms with E-state index in [2.05, 4.69) is 0 Å². The number of hydrogen-bond acceptors (Lipinski definition) is 1. The van der Waals surface area contributed by atoms with Crippen molar-refractivity contribution in [2.45, 2.75) is 32.3 Å². The van der Waals surface area contributed by atoms with Gasteiger partial charge >= 0.3 is 0 Å². The third-order valence-electron chi connectivity index (χ3n) is 3.77. The number of rotatable bonds is 3. The molecular formula is C17H18F2O. The smallest absolute Gasteiger partial charge is 0.131 e. The third kappa shape index (κ3) is 2.59. The Labute approximate surface area is 117 Å². The highest BCUT2D eigenvalue weighted by molar-refractivity contribution is 5.33. The molecule has 0 saturated heterocycles. The molecule has 0 spiro atoms. The molecule has 2 aromatic rings. The molecule has 2 aromatic carbocycles. The number of hydrogen-bond donors (Lipinski definition) is 1. The lowest BCUT2D eigenvalue weighted by Gasteiger charge is -2.32. The van der Waals surface area contributed by atoms with Gasteiger partial charge in [-0.1, -0.05) is 44.2 Å². The van der Waals surface area contributed by atoms with Crippen LogP contribution in [0.1, 0.15) is 36.6 Å². The highest BCUT2D eigenvalue weighted by atomic mass is 19.1. The third-order valence-corrected chi connectivity index (χ3v) is 3.77. The number of aliphatic hydroxyl groups is 1. The molecule has 106 valence electrons. The van der Waals surface area contributed by atoms with Crippen molar-refractivity contribution in [1.82, 2.24) is 0 Å². The Morgan fingerprint density at radius 2 is 1.60 bits per heavy atom. The maximum Gasteiger partial charge on any atom is 0.131 e. The summed E-state index contributed by atoms with van der Waals surface area (Å²) in [6.45, 7) is 5.23. The summed E-state index contributed by atoms with van der Waals surface area (Å²) in [6, 6.07) is 11.6. The molecule has 0 saturated carbocycles. The van der Waals surface area contributed by atoms with Crippen molar-refractivity contribution in [2.24, 2.45) is 0 Å². The van der Waals surface area contributed by atoms with Crippen LogP contribution in [0.5, 0.6) is 0 Å². The molecule has 0 heterocycles. The van der Waals surface area contributed by atoms with E-state index in [1.807, 2.05) is 44.2 Å². The summed E-state index contributed by atoms with van der Waals surface area (Å²) in [7, 11) is 0. The predicted octanol–water partition coefficient (Wildman–Crippen LogP) is 4.28. The second kappa shape index (κ2) is 5.33. The Morgan fingerprint density at radius 1 is 1.00 bits per heavy atom. The van der Waals surface area contributed by atoms with Gasteiger partial charge in [-0.25, -0.2) is 8.78 Å². The molecule has 0 aliphatic heterocycles. The quantitative estimate of drug-likeness (QED) is 0.887. The number of benzene rings is 2. The molecule has 0 radical (unpaired) electrons. The van der Waals surface area contributed by atoms with Gasteiger partial charge in [0.15, 0.2) is 0 Å². The molecule has 1 unspecified atom stereocenters. The van der Waals surface area contributed by atoms with E-state index in [-0.39, 0.29) is 5.56 Å². The molecule has 0 bridgehead atoms. The Kier molecular flexibility index (Phi) is 3.91. The number of aryl methyl sites for hydroxylation is 1. The van der Waals surface area contributed by atoms with E-state index >= 15 is 0 Å². The molecule has 0 aromatic heterocycles. The summed E-state index contributed by atoms with van der Waals surface area (Å²) in [4.78, 5) is 0. The second-order valence-electron chi connectivity index (χ2n) is 5.61. The first-order valence-electron chi connectivity index (χ1n) is 6.53. The van der Waals surface area contributed by atoms with Gasteiger partial charge in [-0.05, 0) is 24.1 Å². The average molecular weight is 276 g/mol. The predicted molar refractivity (Wildman–Crippen MR) is 75.5 cm³/mol. The Morgan fingerprint density at radius 3 is 2.20 bits per heavy atom. The van der Waals surface area contributed by atoms with E-state index < -0.39 is 23.2 Å². The molecule has 20 heavy (non-hydrogen) atoms. The summed E-state index contributed by atoms with van der Waals surface area (Å²) in [5, 5.41) is 10.5. The maximum absolute atomic E-state index is 13.9.